The second-order valence-electron chi connectivity index (χ2n) is 8.36. The molecule has 1 amide bonds. The maximum Gasteiger partial charge on any atom is 0.340 e. The first-order valence-corrected chi connectivity index (χ1v) is 10.8. The van der Waals surface area contributed by atoms with E-state index in [4.69, 9.17) is 4.74 Å². The third kappa shape index (κ3) is 5.34. The Morgan fingerprint density at radius 1 is 1.11 bits per heavy atom. The Hall–Kier alpha value is -1.88. The summed E-state index contributed by atoms with van der Waals surface area (Å²) >= 11 is 0. The Labute approximate surface area is 170 Å². The lowest BCUT2D eigenvalue weighted by Crippen LogP contribution is -2.57. The van der Waals surface area contributed by atoms with E-state index in [1.807, 2.05) is 19.9 Å². The second-order valence-corrected chi connectivity index (χ2v) is 8.36. The number of likely N-dealkylation sites (tertiary alicyclic amines) is 1. The number of rotatable bonds is 7. The van der Waals surface area contributed by atoms with E-state index in [-0.39, 0.29) is 17.9 Å². The van der Waals surface area contributed by atoms with Gasteiger partial charge in [0.05, 0.1) is 38.0 Å². The summed E-state index contributed by atoms with van der Waals surface area (Å²) in [5.41, 5.74) is 2.92. The minimum Gasteiger partial charge on any atom is -0.462 e. The van der Waals surface area contributed by atoms with Crippen molar-refractivity contribution in [3.63, 3.8) is 0 Å². The molecule has 5 heteroatoms. The number of hydrogen-bond donors (Lipinski definition) is 1. The zero-order valence-electron chi connectivity index (χ0n) is 18.3. The number of esters is 1. The lowest BCUT2D eigenvalue weighted by atomic mass is 10.0. The first kappa shape index (κ1) is 22.4. The average molecular weight is 390 g/mol. The SMILES string of the molecule is CCCC(C(=O)Nc1c(C)cc(C)cc1C(=O)OCC)[N+]1(C)CCCCCC1. The maximum atomic E-state index is 13.4. The van der Waals surface area contributed by atoms with E-state index < -0.39 is 0 Å². The molecule has 1 unspecified atom stereocenters. The van der Waals surface area contributed by atoms with E-state index in [9.17, 15) is 9.59 Å². The summed E-state index contributed by atoms with van der Waals surface area (Å²) in [7, 11) is 2.22. The number of amides is 1. The number of quaternary nitrogens is 1. The molecule has 1 saturated heterocycles. The molecule has 28 heavy (non-hydrogen) atoms. The fraction of sp³-hybridized carbons (Fsp3) is 0.652. The molecule has 1 heterocycles. The van der Waals surface area contributed by atoms with Gasteiger partial charge >= 0.3 is 5.97 Å². The highest BCUT2D eigenvalue weighted by atomic mass is 16.5. The lowest BCUT2D eigenvalue weighted by Gasteiger charge is -2.40. The summed E-state index contributed by atoms with van der Waals surface area (Å²) in [6.07, 6.45) is 6.64. The first-order valence-electron chi connectivity index (χ1n) is 10.8. The number of carbonyl (C=O) groups is 2. The minimum absolute atomic E-state index is 0.0174. The van der Waals surface area contributed by atoms with Gasteiger partial charge in [0.1, 0.15) is 0 Å². The predicted molar refractivity (Wildman–Crippen MR) is 114 cm³/mol. The summed E-state index contributed by atoms with van der Waals surface area (Å²) in [6, 6.07) is 3.70. The quantitative estimate of drug-likeness (QED) is 0.547. The van der Waals surface area contributed by atoms with Gasteiger partial charge in [-0.25, -0.2) is 4.79 Å². The highest BCUT2D eigenvalue weighted by Gasteiger charge is 2.38. The summed E-state index contributed by atoms with van der Waals surface area (Å²) in [5, 5.41) is 3.12. The van der Waals surface area contributed by atoms with Gasteiger partial charge in [0.25, 0.3) is 5.91 Å². The van der Waals surface area contributed by atoms with Crippen LogP contribution in [-0.2, 0) is 9.53 Å². The van der Waals surface area contributed by atoms with Gasteiger partial charge in [-0.15, -0.1) is 0 Å². The molecule has 1 atom stereocenters. The fourth-order valence-electron chi connectivity index (χ4n) is 4.43. The van der Waals surface area contributed by atoms with E-state index in [1.165, 1.54) is 25.7 Å². The van der Waals surface area contributed by atoms with Gasteiger partial charge in [-0.2, -0.15) is 0 Å². The average Bonchev–Trinajstić information content (AvgIpc) is 2.86. The van der Waals surface area contributed by atoms with Crippen molar-refractivity contribution in [2.45, 2.75) is 72.3 Å². The number of carbonyl (C=O) groups excluding carboxylic acids is 2. The molecular weight excluding hydrogens is 352 g/mol. The van der Waals surface area contributed by atoms with Gasteiger partial charge in [-0.1, -0.05) is 13.0 Å². The largest absolute Gasteiger partial charge is 0.462 e. The van der Waals surface area contributed by atoms with Crippen molar-refractivity contribution in [2.24, 2.45) is 0 Å². The van der Waals surface area contributed by atoms with Crippen LogP contribution in [0.15, 0.2) is 12.1 Å². The summed E-state index contributed by atoms with van der Waals surface area (Å²) in [5.74, 6) is -0.365. The molecule has 1 aliphatic heterocycles. The van der Waals surface area contributed by atoms with Crippen LogP contribution in [0.5, 0.6) is 0 Å². The molecule has 0 spiro atoms. The van der Waals surface area contributed by atoms with Crippen LogP contribution in [0.25, 0.3) is 0 Å². The highest BCUT2D eigenvalue weighted by molar-refractivity contribution is 6.03. The van der Waals surface area contributed by atoms with Crippen molar-refractivity contribution < 1.29 is 18.8 Å². The number of benzene rings is 1. The van der Waals surface area contributed by atoms with Crippen molar-refractivity contribution in [3.8, 4) is 0 Å². The van der Waals surface area contributed by atoms with Crippen LogP contribution in [0.2, 0.25) is 0 Å². The number of nitrogens with zero attached hydrogens (tertiary/aromatic N) is 1. The van der Waals surface area contributed by atoms with Gasteiger partial charge in [-0.05, 0) is 70.1 Å². The van der Waals surface area contributed by atoms with Crippen LogP contribution < -0.4 is 5.32 Å². The van der Waals surface area contributed by atoms with Crippen LogP contribution >= 0.6 is 0 Å². The Bertz CT molecular complexity index is 691. The van der Waals surface area contributed by atoms with Gasteiger partial charge in [0.2, 0.25) is 0 Å². The third-order valence-corrected chi connectivity index (χ3v) is 5.93. The normalized spacial score (nSPS) is 17.5. The molecule has 0 saturated carbocycles. The maximum absolute atomic E-state index is 13.4. The van der Waals surface area contributed by atoms with Crippen molar-refractivity contribution in [3.05, 3.63) is 28.8 Å². The smallest absolute Gasteiger partial charge is 0.340 e. The number of nitrogens with one attached hydrogen (secondary N) is 1. The molecule has 0 radical (unpaired) electrons. The number of anilines is 1. The lowest BCUT2D eigenvalue weighted by molar-refractivity contribution is -0.924. The van der Waals surface area contributed by atoms with E-state index in [1.54, 1.807) is 13.0 Å². The molecule has 1 fully saturated rings. The van der Waals surface area contributed by atoms with Gasteiger partial charge in [0, 0.05) is 6.42 Å². The number of hydrogen-bond acceptors (Lipinski definition) is 3. The van der Waals surface area contributed by atoms with Crippen molar-refractivity contribution >= 4 is 17.6 Å². The second kappa shape index (κ2) is 10.1. The molecule has 0 aromatic heterocycles. The number of likely N-dealkylation sites (N-methyl/N-ethyl adjacent to an activating group) is 1. The zero-order valence-corrected chi connectivity index (χ0v) is 18.3. The number of ether oxygens (including phenoxy) is 1. The molecule has 1 aliphatic rings. The Morgan fingerprint density at radius 3 is 2.32 bits per heavy atom. The Balaban J connectivity index is 2.34. The number of aryl methyl sites for hydroxylation is 2. The summed E-state index contributed by atoms with van der Waals surface area (Å²) in [6.45, 7) is 10.2. The van der Waals surface area contributed by atoms with Crippen LogP contribution in [0.1, 0.15) is 73.9 Å². The molecule has 1 N–H and O–H groups in total. The molecule has 1 aromatic carbocycles. The van der Waals surface area contributed by atoms with Gasteiger partial charge in [-0.3, -0.25) is 4.79 Å². The van der Waals surface area contributed by atoms with E-state index >= 15 is 0 Å². The van der Waals surface area contributed by atoms with Crippen LogP contribution in [0.4, 0.5) is 5.69 Å². The predicted octanol–water partition coefficient (Wildman–Crippen LogP) is 4.61. The van der Waals surface area contributed by atoms with Crippen molar-refractivity contribution in [1.29, 1.82) is 0 Å². The summed E-state index contributed by atoms with van der Waals surface area (Å²) < 4.78 is 6.02. The monoisotopic (exact) mass is 389 g/mol. The van der Waals surface area contributed by atoms with Crippen molar-refractivity contribution in [1.82, 2.24) is 0 Å². The van der Waals surface area contributed by atoms with E-state index in [2.05, 4.69) is 19.3 Å². The van der Waals surface area contributed by atoms with Crippen LogP contribution in [-0.4, -0.2) is 49.1 Å². The zero-order chi connectivity index (χ0) is 20.7. The van der Waals surface area contributed by atoms with Crippen molar-refractivity contribution in [2.75, 3.05) is 32.1 Å². The molecule has 0 aliphatic carbocycles. The van der Waals surface area contributed by atoms with Gasteiger partial charge in [0.15, 0.2) is 6.04 Å². The van der Waals surface area contributed by atoms with Crippen LogP contribution in [0, 0.1) is 13.8 Å². The minimum atomic E-state index is -0.383. The Morgan fingerprint density at radius 2 is 1.75 bits per heavy atom. The van der Waals surface area contributed by atoms with Crippen LogP contribution in [0.3, 0.4) is 0 Å². The highest BCUT2D eigenvalue weighted by Crippen LogP contribution is 2.27. The van der Waals surface area contributed by atoms with Gasteiger partial charge < -0.3 is 14.5 Å². The summed E-state index contributed by atoms with van der Waals surface area (Å²) in [4.78, 5) is 25.9. The molecular formula is C23H37N2O3+. The topological polar surface area (TPSA) is 55.4 Å². The first-order chi connectivity index (χ1) is 13.3. The molecule has 1 aromatic rings. The standard InChI is InChI=1S/C23H36N2O3/c1-6-12-20(25(5)13-10-8-9-11-14-25)22(26)24-21-18(4)15-17(3)16-19(21)23(27)28-7-2/h15-16,20H,6-14H2,1-5H3/p+1. The molecule has 2 rings (SSSR count). The molecule has 0 bridgehead atoms. The molecule has 5 nitrogen and oxygen atoms in total. The molecule has 156 valence electrons. The third-order valence-electron chi connectivity index (χ3n) is 5.93. The Kier molecular flexibility index (Phi) is 8.05. The van der Waals surface area contributed by atoms with E-state index in [0.29, 0.717) is 17.9 Å². The fourth-order valence-corrected chi connectivity index (χ4v) is 4.43. The van der Waals surface area contributed by atoms with E-state index in [0.717, 1.165) is 41.5 Å².